The Morgan fingerprint density at radius 2 is 1.85 bits per heavy atom. The van der Waals surface area contributed by atoms with Gasteiger partial charge in [0, 0.05) is 36.7 Å². The molecule has 0 radical (unpaired) electrons. The molecule has 3 aromatic rings. The fraction of sp³-hybridized carbons (Fsp3) is 0.240. The molecule has 2 N–H and O–H groups in total. The van der Waals surface area contributed by atoms with E-state index in [1.54, 1.807) is 18.3 Å². The Bertz CT molecular complexity index is 1540. The standard InChI is InChI=1S/C25H22F3N3O8S/c1-15(33)30-17-7-8-22(40(36,37)31-18(14-32)13-23(34)39-24(35)25(26,27)28)21(12-17)38-11-9-16-4-2-6-20-19(16)5-3-10-29-20/h2-8,10,12,14,18,31H,9,11,13H2,1H3,(H,30,33). The van der Waals surface area contributed by atoms with E-state index in [0.29, 0.717) is 6.42 Å². The smallest absolute Gasteiger partial charge is 0.491 e. The van der Waals surface area contributed by atoms with Crippen LogP contribution in [0, 0.1) is 0 Å². The number of pyridine rings is 1. The molecule has 0 aliphatic rings. The van der Waals surface area contributed by atoms with Crippen molar-refractivity contribution in [3.05, 3.63) is 60.3 Å². The molecule has 3 rings (SSSR count). The van der Waals surface area contributed by atoms with Crippen molar-refractivity contribution < 1.29 is 50.2 Å². The number of rotatable bonds is 11. The molecule has 2 aromatic carbocycles. The number of ether oxygens (including phenoxy) is 2. The predicted molar refractivity (Wildman–Crippen MR) is 134 cm³/mol. The van der Waals surface area contributed by atoms with E-state index in [-0.39, 0.29) is 24.3 Å². The first-order chi connectivity index (χ1) is 18.8. The minimum absolute atomic E-state index is 0.0248. The molecule has 0 bridgehead atoms. The van der Waals surface area contributed by atoms with Gasteiger partial charge in [0.2, 0.25) is 15.9 Å². The number of fused-ring (bicyclic) bond motifs is 1. The third kappa shape index (κ3) is 8.07. The fourth-order valence-corrected chi connectivity index (χ4v) is 4.84. The molecule has 0 spiro atoms. The summed E-state index contributed by atoms with van der Waals surface area (Å²) in [6.45, 7) is 1.21. The summed E-state index contributed by atoms with van der Waals surface area (Å²) in [4.78, 5) is 49.2. The molecule has 1 unspecified atom stereocenters. The number of alkyl halides is 3. The van der Waals surface area contributed by atoms with E-state index < -0.39 is 51.4 Å². The van der Waals surface area contributed by atoms with E-state index in [4.69, 9.17) is 4.74 Å². The van der Waals surface area contributed by atoms with Gasteiger partial charge in [-0.15, -0.1) is 0 Å². The lowest BCUT2D eigenvalue weighted by molar-refractivity contribution is -0.202. The van der Waals surface area contributed by atoms with Crippen LogP contribution in [0.15, 0.2) is 59.6 Å². The number of aldehydes is 1. The average molecular weight is 582 g/mol. The van der Waals surface area contributed by atoms with Gasteiger partial charge in [0.25, 0.3) is 0 Å². The number of amides is 1. The molecule has 0 saturated carbocycles. The van der Waals surface area contributed by atoms with Gasteiger partial charge < -0.3 is 19.6 Å². The molecule has 0 aliphatic heterocycles. The third-order valence-corrected chi connectivity index (χ3v) is 6.74. The van der Waals surface area contributed by atoms with Crippen molar-refractivity contribution in [2.45, 2.75) is 36.9 Å². The topological polar surface area (TPSA) is 158 Å². The number of hydrogen-bond donors (Lipinski definition) is 2. The second-order valence-electron chi connectivity index (χ2n) is 8.26. The van der Waals surface area contributed by atoms with Crippen LogP contribution in [0.2, 0.25) is 0 Å². The first-order valence-corrected chi connectivity index (χ1v) is 12.9. The summed E-state index contributed by atoms with van der Waals surface area (Å²) in [5.74, 6) is -5.26. The Morgan fingerprint density at radius 3 is 2.52 bits per heavy atom. The molecule has 1 atom stereocenters. The Labute approximate surface area is 225 Å². The van der Waals surface area contributed by atoms with Crippen LogP contribution < -0.4 is 14.8 Å². The van der Waals surface area contributed by atoms with Crippen LogP contribution in [-0.2, 0) is 40.4 Å². The van der Waals surface area contributed by atoms with Crippen molar-refractivity contribution in [2.75, 3.05) is 11.9 Å². The molecular weight excluding hydrogens is 559 g/mol. The van der Waals surface area contributed by atoms with Gasteiger partial charge in [-0.05, 0) is 29.8 Å². The molecule has 15 heteroatoms. The molecule has 0 saturated heterocycles. The SMILES string of the molecule is CC(=O)Nc1ccc(S(=O)(=O)NC(C=O)CC(=O)OC(=O)C(F)(F)F)c(OCCc2cccc3ncccc23)c1. The van der Waals surface area contributed by atoms with Crippen molar-refractivity contribution in [3.8, 4) is 5.75 Å². The normalized spacial score (nSPS) is 12.4. The van der Waals surface area contributed by atoms with Gasteiger partial charge in [0.05, 0.1) is 24.6 Å². The summed E-state index contributed by atoms with van der Waals surface area (Å²) in [6, 6.07) is 10.8. The van der Waals surface area contributed by atoms with Crippen LogP contribution >= 0.6 is 0 Å². The van der Waals surface area contributed by atoms with Gasteiger partial charge in [-0.25, -0.2) is 17.9 Å². The van der Waals surface area contributed by atoms with E-state index >= 15 is 0 Å². The van der Waals surface area contributed by atoms with E-state index in [2.05, 4.69) is 15.0 Å². The molecule has 11 nitrogen and oxygen atoms in total. The van der Waals surface area contributed by atoms with Gasteiger partial charge in [0.15, 0.2) is 0 Å². The van der Waals surface area contributed by atoms with Crippen LogP contribution in [0.3, 0.4) is 0 Å². The Kier molecular flexibility index (Phi) is 9.55. The fourth-order valence-electron chi connectivity index (χ4n) is 3.54. The summed E-state index contributed by atoms with van der Waals surface area (Å²) in [5.41, 5.74) is 1.80. The number of hydrogen-bond acceptors (Lipinski definition) is 9. The summed E-state index contributed by atoms with van der Waals surface area (Å²) in [5, 5.41) is 3.34. The highest BCUT2D eigenvalue weighted by Gasteiger charge is 2.42. The van der Waals surface area contributed by atoms with Crippen molar-refractivity contribution in [1.82, 2.24) is 9.71 Å². The lowest BCUT2D eigenvalue weighted by Crippen LogP contribution is -2.39. The van der Waals surface area contributed by atoms with Crippen molar-refractivity contribution in [1.29, 1.82) is 0 Å². The molecule has 1 heterocycles. The summed E-state index contributed by atoms with van der Waals surface area (Å²) < 4.78 is 74.3. The number of carbonyl (C=O) groups excluding carboxylic acids is 4. The first-order valence-electron chi connectivity index (χ1n) is 11.5. The zero-order chi connectivity index (χ0) is 29.5. The second kappa shape index (κ2) is 12.7. The zero-order valence-corrected chi connectivity index (χ0v) is 21.5. The maximum absolute atomic E-state index is 13.1. The number of nitrogens with zero attached hydrogens (tertiary/aromatic N) is 1. The zero-order valence-electron chi connectivity index (χ0n) is 20.7. The number of halogens is 3. The van der Waals surface area contributed by atoms with Gasteiger partial charge in [0.1, 0.15) is 16.9 Å². The van der Waals surface area contributed by atoms with Gasteiger partial charge >= 0.3 is 18.1 Å². The minimum atomic E-state index is -5.46. The van der Waals surface area contributed by atoms with Crippen LogP contribution in [0.4, 0.5) is 18.9 Å². The number of carbonyl (C=O) groups is 4. The molecule has 0 aliphatic carbocycles. The lowest BCUT2D eigenvalue weighted by atomic mass is 10.1. The van der Waals surface area contributed by atoms with E-state index in [9.17, 15) is 40.8 Å². The highest BCUT2D eigenvalue weighted by Crippen LogP contribution is 2.29. The van der Waals surface area contributed by atoms with Crippen molar-refractivity contribution >= 4 is 50.7 Å². The lowest BCUT2D eigenvalue weighted by Gasteiger charge is -2.17. The van der Waals surface area contributed by atoms with Crippen LogP contribution in [0.1, 0.15) is 18.9 Å². The number of aromatic nitrogens is 1. The molecular formula is C25H22F3N3O8S. The average Bonchev–Trinajstić information content (AvgIpc) is 2.87. The molecule has 0 fully saturated rings. The van der Waals surface area contributed by atoms with Crippen LogP contribution in [0.5, 0.6) is 5.75 Å². The maximum atomic E-state index is 13.1. The quantitative estimate of drug-likeness (QED) is 0.197. The van der Waals surface area contributed by atoms with E-state index in [1.807, 2.05) is 22.9 Å². The molecule has 212 valence electrons. The van der Waals surface area contributed by atoms with Gasteiger partial charge in [-0.2, -0.15) is 13.2 Å². The Morgan fingerprint density at radius 1 is 1.10 bits per heavy atom. The largest absolute Gasteiger partial charge is 0.492 e. The van der Waals surface area contributed by atoms with Gasteiger partial charge in [-0.3, -0.25) is 14.6 Å². The Hall–Kier alpha value is -4.37. The van der Waals surface area contributed by atoms with Crippen LogP contribution in [0.25, 0.3) is 10.9 Å². The Balaban J connectivity index is 1.81. The summed E-state index contributed by atoms with van der Waals surface area (Å²) in [6.07, 6.45) is -4.73. The minimum Gasteiger partial charge on any atom is -0.492 e. The highest BCUT2D eigenvalue weighted by atomic mass is 32.2. The number of anilines is 1. The van der Waals surface area contributed by atoms with Crippen molar-refractivity contribution in [3.63, 3.8) is 0 Å². The predicted octanol–water partition coefficient (Wildman–Crippen LogP) is 2.68. The highest BCUT2D eigenvalue weighted by molar-refractivity contribution is 7.89. The number of sulfonamides is 1. The number of esters is 2. The van der Waals surface area contributed by atoms with Gasteiger partial charge in [-0.1, -0.05) is 18.2 Å². The van der Waals surface area contributed by atoms with Crippen LogP contribution in [-0.4, -0.2) is 56.4 Å². The molecule has 1 aromatic heterocycles. The maximum Gasteiger partial charge on any atom is 0.491 e. The molecule has 1 amide bonds. The van der Waals surface area contributed by atoms with Crippen molar-refractivity contribution in [2.24, 2.45) is 0 Å². The van der Waals surface area contributed by atoms with E-state index in [1.165, 1.54) is 19.1 Å². The first kappa shape index (κ1) is 30.2. The van der Waals surface area contributed by atoms with E-state index in [0.717, 1.165) is 22.5 Å². The molecule has 40 heavy (non-hydrogen) atoms. The number of benzene rings is 2. The third-order valence-electron chi connectivity index (χ3n) is 5.21. The summed E-state index contributed by atoms with van der Waals surface area (Å²) in [7, 11) is -4.62. The summed E-state index contributed by atoms with van der Waals surface area (Å²) >= 11 is 0. The number of nitrogens with one attached hydrogen (secondary N) is 2. The monoisotopic (exact) mass is 581 g/mol. The second-order valence-corrected chi connectivity index (χ2v) is 9.94.